The molecule has 150 valence electrons. The fourth-order valence-corrected chi connectivity index (χ4v) is 4.60. The maximum atomic E-state index is 12.8. The van der Waals surface area contributed by atoms with E-state index in [1.807, 2.05) is 30.3 Å². The molecular formula is C20H23IN2O4S. The average Bonchev–Trinajstić information content (AvgIpc) is 3.20. The highest BCUT2D eigenvalue weighted by atomic mass is 127. The molecule has 1 saturated heterocycles. The Hall–Kier alpha value is -1.49. The third-order valence-corrected chi connectivity index (χ3v) is 6.76. The van der Waals surface area contributed by atoms with Gasteiger partial charge in [0.2, 0.25) is 15.9 Å². The van der Waals surface area contributed by atoms with Crippen LogP contribution in [0.4, 0.5) is 0 Å². The molecule has 2 N–H and O–H groups in total. The smallest absolute Gasteiger partial charge is 0.241 e. The summed E-state index contributed by atoms with van der Waals surface area (Å²) in [5.74, 6) is -0.353. The maximum absolute atomic E-state index is 12.8. The summed E-state index contributed by atoms with van der Waals surface area (Å²) in [4.78, 5) is 12.9. The van der Waals surface area contributed by atoms with Crippen LogP contribution in [-0.2, 0) is 26.0 Å². The second-order valence-corrected chi connectivity index (χ2v) is 9.66. The van der Waals surface area contributed by atoms with Crippen LogP contribution in [0.2, 0.25) is 0 Å². The molecule has 28 heavy (non-hydrogen) atoms. The molecule has 3 rings (SSSR count). The number of ether oxygens (including phenoxy) is 1. The minimum Gasteiger partial charge on any atom is -0.376 e. The van der Waals surface area contributed by atoms with Crippen LogP contribution >= 0.6 is 22.6 Å². The Morgan fingerprint density at radius 1 is 1.14 bits per heavy atom. The van der Waals surface area contributed by atoms with Crippen LogP contribution in [0, 0.1) is 3.57 Å². The lowest BCUT2D eigenvalue weighted by atomic mass is 10.1. The summed E-state index contributed by atoms with van der Waals surface area (Å²) in [6.45, 7) is 1.09. The van der Waals surface area contributed by atoms with E-state index in [0.29, 0.717) is 13.2 Å². The number of amides is 1. The zero-order valence-corrected chi connectivity index (χ0v) is 18.3. The molecule has 1 heterocycles. The summed E-state index contributed by atoms with van der Waals surface area (Å²) in [5, 5.41) is 2.84. The number of sulfonamides is 1. The first kappa shape index (κ1) is 21.2. The predicted octanol–water partition coefficient (Wildman–Crippen LogP) is 2.48. The summed E-state index contributed by atoms with van der Waals surface area (Å²) >= 11 is 2.11. The number of rotatable bonds is 8. The summed E-state index contributed by atoms with van der Waals surface area (Å²) in [5.41, 5.74) is 0.880. The summed E-state index contributed by atoms with van der Waals surface area (Å²) < 4.78 is 34.6. The van der Waals surface area contributed by atoms with Gasteiger partial charge in [0.05, 0.1) is 11.0 Å². The van der Waals surface area contributed by atoms with Gasteiger partial charge in [-0.2, -0.15) is 4.72 Å². The Morgan fingerprint density at radius 3 is 2.50 bits per heavy atom. The summed E-state index contributed by atoms with van der Waals surface area (Å²) in [7, 11) is -3.82. The molecule has 0 radical (unpaired) electrons. The van der Waals surface area contributed by atoms with Crippen molar-refractivity contribution < 1.29 is 17.9 Å². The minimum absolute atomic E-state index is 0.00543. The quantitative estimate of drug-likeness (QED) is 0.531. The number of nitrogens with one attached hydrogen (secondary N) is 2. The third kappa shape index (κ3) is 6.00. The van der Waals surface area contributed by atoms with Crippen molar-refractivity contribution >= 4 is 38.5 Å². The lowest BCUT2D eigenvalue weighted by Gasteiger charge is -2.20. The van der Waals surface area contributed by atoms with Crippen molar-refractivity contribution in [2.75, 3.05) is 13.2 Å². The molecule has 0 spiro atoms. The van der Waals surface area contributed by atoms with Gasteiger partial charge in [-0.1, -0.05) is 30.3 Å². The first-order valence-electron chi connectivity index (χ1n) is 9.15. The molecule has 1 amide bonds. The highest BCUT2D eigenvalue weighted by Gasteiger charge is 2.27. The van der Waals surface area contributed by atoms with Gasteiger partial charge in [0, 0.05) is 16.7 Å². The van der Waals surface area contributed by atoms with Crippen LogP contribution in [0.25, 0.3) is 0 Å². The third-order valence-electron chi connectivity index (χ3n) is 4.55. The topological polar surface area (TPSA) is 84.5 Å². The fraction of sp³-hybridized carbons (Fsp3) is 0.350. The number of carbonyl (C=O) groups excluding carboxylic acids is 1. The first-order valence-corrected chi connectivity index (χ1v) is 11.7. The van der Waals surface area contributed by atoms with Gasteiger partial charge >= 0.3 is 0 Å². The Morgan fingerprint density at radius 2 is 1.86 bits per heavy atom. The van der Waals surface area contributed by atoms with Crippen LogP contribution in [0.3, 0.4) is 0 Å². The van der Waals surface area contributed by atoms with Gasteiger partial charge < -0.3 is 10.1 Å². The Bertz CT molecular complexity index is 882. The van der Waals surface area contributed by atoms with Crippen molar-refractivity contribution in [1.82, 2.24) is 10.0 Å². The van der Waals surface area contributed by atoms with E-state index in [1.165, 1.54) is 12.1 Å². The SMILES string of the molecule is O=C(NC[C@@H]1CCCO1)[C@@H](Cc1ccccc1)NS(=O)(=O)c1ccc(I)cc1. The Labute approximate surface area is 179 Å². The summed E-state index contributed by atoms with van der Waals surface area (Å²) in [6.07, 6.45) is 2.14. The van der Waals surface area contributed by atoms with Crippen LogP contribution in [0.15, 0.2) is 59.5 Å². The molecule has 2 aromatic rings. The van der Waals surface area contributed by atoms with E-state index in [1.54, 1.807) is 12.1 Å². The fourth-order valence-electron chi connectivity index (χ4n) is 3.05. The number of hydrogen-bond donors (Lipinski definition) is 2. The molecule has 0 aromatic heterocycles. The van der Waals surface area contributed by atoms with Crippen molar-refractivity contribution in [2.24, 2.45) is 0 Å². The highest BCUT2D eigenvalue weighted by Crippen LogP contribution is 2.14. The molecule has 8 heteroatoms. The van der Waals surface area contributed by atoms with Crippen molar-refractivity contribution in [3.05, 3.63) is 63.7 Å². The number of carbonyl (C=O) groups is 1. The number of benzene rings is 2. The predicted molar refractivity (Wildman–Crippen MR) is 115 cm³/mol. The lowest BCUT2D eigenvalue weighted by Crippen LogP contribution is -2.49. The van der Waals surface area contributed by atoms with E-state index in [0.717, 1.165) is 22.0 Å². The van der Waals surface area contributed by atoms with E-state index in [2.05, 4.69) is 32.6 Å². The van der Waals surface area contributed by atoms with Gasteiger partial charge in [0.1, 0.15) is 6.04 Å². The van der Waals surface area contributed by atoms with Crippen LogP contribution in [0.1, 0.15) is 18.4 Å². The average molecular weight is 514 g/mol. The van der Waals surface area contributed by atoms with Gasteiger partial charge in [0.25, 0.3) is 0 Å². The molecule has 2 aromatic carbocycles. The van der Waals surface area contributed by atoms with Crippen molar-refractivity contribution in [1.29, 1.82) is 0 Å². The second kappa shape index (κ2) is 9.82. The van der Waals surface area contributed by atoms with E-state index in [4.69, 9.17) is 4.74 Å². The molecule has 1 aliphatic rings. The molecule has 0 saturated carbocycles. The van der Waals surface area contributed by atoms with Crippen molar-refractivity contribution in [2.45, 2.75) is 36.3 Å². The van der Waals surface area contributed by atoms with E-state index in [-0.39, 0.29) is 23.3 Å². The highest BCUT2D eigenvalue weighted by molar-refractivity contribution is 14.1. The summed E-state index contributed by atoms with van der Waals surface area (Å²) in [6, 6.07) is 15.0. The lowest BCUT2D eigenvalue weighted by molar-refractivity contribution is -0.123. The van der Waals surface area contributed by atoms with Gasteiger partial charge in [-0.3, -0.25) is 4.79 Å². The van der Waals surface area contributed by atoms with E-state index in [9.17, 15) is 13.2 Å². The van der Waals surface area contributed by atoms with Crippen molar-refractivity contribution in [3.8, 4) is 0 Å². The monoisotopic (exact) mass is 514 g/mol. The van der Waals surface area contributed by atoms with E-state index >= 15 is 0 Å². The Kier molecular flexibility index (Phi) is 7.44. The van der Waals surface area contributed by atoms with Gasteiger partial charge in [0.15, 0.2) is 0 Å². The van der Waals surface area contributed by atoms with Crippen LogP contribution in [-0.4, -0.2) is 39.6 Å². The number of halogens is 1. The maximum Gasteiger partial charge on any atom is 0.241 e. The standard InChI is InChI=1S/C20H23IN2O4S/c21-16-8-10-18(11-9-16)28(25,26)23-19(13-15-5-2-1-3-6-15)20(24)22-14-17-7-4-12-27-17/h1-3,5-6,8-11,17,19,23H,4,7,12-14H2,(H,22,24)/t17-,19+/m0/s1. The normalized spacial score (nSPS) is 18.0. The molecule has 0 aliphatic carbocycles. The Balaban J connectivity index is 1.74. The molecule has 6 nitrogen and oxygen atoms in total. The van der Waals surface area contributed by atoms with Gasteiger partial charge in [-0.25, -0.2) is 8.42 Å². The van der Waals surface area contributed by atoms with Crippen molar-refractivity contribution in [3.63, 3.8) is 0 Å². The molecule has 1 fully saturated rings. The first-order chi connectivity index (χ1) is 13.4. The zero-order chi connectivity index (χ0) is 20.0. The molecular weight excluding hydrogens is 491 g/mol. The molecule has 2 atom stereocenters. The minimum atomic E-state index is -3.82. The van der Waals surface area contributed by atoms with E-state index < -0.39 is 16.1 Å². The molecule has 0 unspecified atom stereocenters. The molecule has 0 bridgehead atoms. The number of hydrogen-bond acceptors (Lipinski definition) is 4. The molecule has 1 aliphatic heterocycles. The zero-order valence-electron chi connectivity index (χ0n) is 15.3. The second-order valence-electron chi connectivity index (χ2n) is 6.70. The van der Waals surface area contributed by atoms with Gasteiger partial charge in [-0.15, -0.1) is 0 Å². The van der Waals surface area contributed by atoms with Crippen LogP contribution < -0.4 is 10.0 Å². The largest absolute Gasteiger partial charge is 0.376 e. The van der Waals surface area contributed by atoms with Crippen LogP contribution in [0.5, 0.6) is 0 Å². The van der Waals surface area contributed by atoms with Gasteiger partial charge in [-0.05, 0) is 71.7 Å².